The number of thiophene rings is 1. The highest BCUT2D eigenvalue weighted by Crippen LogP contribution is 2.28. The van der Waals surface area contributed by atoms with Gasteiger partial charge in [-0.15, -0.1) is 11.3 Å². The van der Waals surface area contributed by atoms with E-state index in [9.17, 15) is 5.11 Å². The van der Waals surface area contributed by atoms with E-state index in [0.717, 1.165) is 8.66 Å². The van der Waals surface area contributed by atoms with Gasteiger partial charge >= 0.3 is 0 Å². The molecule has 0 radical (unpaired) electrons. The van der Waals surface area contributed by atoms with Gasteiger partial charge < -0.3 is 16.2 Å². The van der Waals surface area contributed by atoms with Gasteiger partial charge in [0.2, 0.25) is 0 Å². The molecule has 3 nitrogen and oxygen atoms in total. The summed E-state index contributed by atoms with van der Waals surface area (Å²) in [7, 11) is 1.82. The minimum atomic E-state index is -0.532. The van der Waals surface area contributed by atoms with Crippen LogP contribution in [0, 0.1) is 0 Å². The van der Waals surface area contributed by atoms with Crippen LogP contribution in [-0.4, -0.2) is 24.8 Å². The maximum absolute atomic E-state index is 9.58. The molecular formula is C8H13BrN2OS. The first-order valence-electron chi connectivity index (χ1n) is 3.99. The van der Waals surface area contributed by atoms with Gasteiger partial charge in [-0.1, -0.05) is 0 Å². The fraction of sp³-hybridized carbons (Fsp3) is 0.500. The van der Waals surface area contributed by atoms with Gasteiger partial charge in [-0.25, -0.2) is 0 Å². The van der Waals surface area contributed by atoms with Crippen LogP contribution in [0.4, 0.5) is 0 Å². The molecule has 74 valence electrons. The Morgan fingerprint density at radius 3 is 2.77 bits per heavy atom. The Balaban J connectivity index is 2.77. The van der Waals surface area contributed by atoms with Crippen LogP contribution >= 0.6 is 27.3 Å². The molecule has 1 aromatic heterocycles. The van der Waals surface area contributed by atoms with Crippen molar-refractivity contribution in [1.82, 2.24) is 5.32 Å². The molecule has 0 amide bonds. The van der Waals surface area contributed by atoms with E-state index in [1.165, 1.54) is 0 Å². The first-order valence-corrected chi connectivity index (χ1v) is 5.60. The number of aliphatic hydroxyl groups is 1. The van der Waals surface area contributed by atoms with Crippen LogP contribution < -0.4 is 11.1 Å². The number of nitrogens with one attached hydrogen (secondary N) is 1. The van der Waals surface area contributed by atoms with E-state index in [1.54, 1.807) is 11.3 Å². The predicted molar refractivity (Wildman–Crippen MR) is 58.9 cm³/mol. The number of hydrogen-bond donors (Lipinski definition) is 3. The molecule has 0 saturated carbocycles. The molecule has 5 heteroatoms. The van der Waals surface area contributed by atoms with Crippen molar-refractivity contribution in [1.29, 1.82) is 0 Å². The lowest BCUT2D eigenvalue weighted by Crippen LogP contribution is -2.34. The molecule has 0 aliphatic heterocycles. The minimum absolute atomic E-state index is 0.0682. The van der Waals surface area contributed by atoms with E-state index in [2.05, 4.69) is 21.2 Å². The van der Waals surface area contributed by atoms with Crippen molar-refractivity contribution >= 4 is 27.3 Å². The molecule has 0 saturated heterocycles. The van der Waals surface area contributed by atoms with E-state index >= 15 is 0 Å². The van der Waals surface area contributed by atoms with E-state index < -0.39 is 6.10 Å². The standard InChI is InChI=1S/C8H13BrN2OS/c1-11-8(5(12)4-10)6-2-3-7(9)13-6/h2-3,5,8,11-12H,4,10H2,1H3. The maximum atomic E-state index is 9.58. The zero-order valence-corrected chi connectivity index (χ0v) is 9.73. The lowest BCUT2D eigenvalue weighted by atomic mass is 10.1. The van der Waals surface area contributed by atoms with Crippen LogP contribution in [0.3, 0.4) is 0 Å². The highest BCUT2D eigenvalue weighted by atomic mass is 79.9. The van der Waals surface area contributed by atoms with Gasteiger partial charge in [-0.2, -0.15) is 0 Å². The molecule has 0 aliphatic carbocycles. The Morgan fingerprint density at radius 1 is 1.69 bits per heavy atom. The monoisotopic (exact) mass is 264 g/mol. The highest BCUT2D eigenvalue weighted by Gasteiger charge is 2.19. The second-order valence-corrected chi connectivity index (χ2v) is 5.21. The molecule has 1 aromatic rings. The predicted octanol–water partition coefficient (Wildman–Crippen LogP) is 1.09. The fourth-order valence-corrected chi connectivity index (χ4v) is 2.75. The topological polar surface area (TPSA) is 58.3 Å². The third-order valence-corrected chi connectivity index (χ3v) is 3.54. The van der Waals surface area contributed by atoms with E-state index in [-0.39, 0.29) is 12.6 Å². The molecular weight excluding hydrogens is 252 g/mol. The van der Waals surface area contributed by atoms with Gasteiger partial charge in [0.15, 0.2) is 0 Å². The Morgan fingerprint density at radius 2 is 2.38 bits per heavy atom. The van der Waals surface area contributed by atoms with Crippen molar-refractivity contribution in [3.05, 3.63) is 20.8 Å². The lowest BCUT2D eigenvalue weighted by Gasteiger charge is -2.19. The van der Waals surface area contributed by atoms with E-state index in [1.807, 2.05) is 19.2 Å². The van der Waals surface area contributed by atoms with Gasteiger partial charge in [0.05, 0.1) is 15.9 Å². The maximum Gasteiger partial charge on any atom is 0.0864 e. The Kier molecular flexibility index (Phi) is 4.34. The summed E-state index contributed by atoms with van der Waals surface area (Å²) in [5.74, 6) is 0. The second-order valence-electron chi connectivity index (χ2n) is 2.71. The number of hydrogen-bond acceptors (Lipinski definition) is 4. The van der Waals surface area contributed by atoms with Gasteiger partial charge in [0.25, 0.3) is 0 Å². The first-order chi connectivity index (χ1) is 6.19. The average Bonchev–Trinajstić information content (AvgIpc) is 2.53. The lowest BCUT2D eigenvalue weighted by molar-refractivity contribution is 0.140. The number of aliphatic hydroxyl groups excluding tert-OH is 1. The fourth-order valence-electron chi connectivity index (χ4n) is 1.16. The summed E-state index contributed by atoms with van der Waals surface area (Å²) >= 11 is 4.98. The zero-order chi connectivity index (χ0) is 9.84. The van der Waals surface area contributed by atoms with Crippen LogP contribution in [0.25, 0.3) is 0 Å². The van der Waals surface area contributed by atoms with Crippen molar-refractivity contribution in [2.24, 2.45) is 5.73 Å². The molecule has 0 aliphatic rings. The van der Waals surface area contributed by atoms with Gasteiger partial charge in [0.1, 0.15) is 0 Å². The number of likely N-dealkylation sites (N-methyl/N-ethyl adjacent to an activating group) is 1. The Labute approximate surface area is 90.1 Å². The number of halogens is 1. The summed E-state index contributed by atoms with van der Waals surface area (Å²) in [6.45, 7) is 0.265. The SMILES string of the molecule is CNC(c1ccc(Br)s1)C(O)CN. The van der Waals surface area contributed by atoms with Gasteiger partial charge in [-0.05, 0) is 35.1 Å². The zero-order valence-electron chi connectivity index (χ0n) is 7.33. The first kappa shape index (κ1) is 11.1. The third-order valence-electron chi connectivity index (χ3n) is 1.84. The number of nitrogens with two attached hydrogens (primary N) is 1. The van der Waals surface area contributed by atoms with Crippen LogP contribution in [-0.2, 0) is 0 Å². The average molecular weight is 265 g/mol. The Bertz CT molecular complexity index is 266. The summed E-state index contributed by atoms with van der Waals surface area (Å²) in [6, 6.07) is 3.88. The second kappa shape index (κ2) is 5.07. The normalized spacial score (nSPS) is 15.7. The van der Waals surface area contributed by atoms with Crippen molar-refractivity contribution in [2.45, 2.75) is 12.1 Å². The van der Waals surface area contributed by atoms with Crippen LogP contribution in [0.1, 0.15) is 10.9 Å². The minimum Gasteiger partial charge on any atom is -0.390 e. The molecule has 1 heterocycles. The smallest absolute Gasteiger partial charge is 0.0864 e. The molecule has 2 unspecified atom stereocenters. The Hall–Kier alpha value is 0.0600. The van der Waals surface area contributed by atoms with Gasteiger partial charge in [-0.3, -0.25) is 0 Å². The van der Waals surface area contributed by atoms with Crippen LogP contribution in [0.2, 0.25) is 0 Å². The van der Waals surface area contributed by atoms with Crippen molar-refractivity contribution < 1.29 is 5.11 Å². The molecule has 0 fully saturated rings. The largest absolute Gasteiger partial charge is 0.390 e. The summed E-state index contributed by atoms with van der Waals surface area (Å²) < 4.78 is 1.06. The molecule has 4 N–H and O–H groups in total. The summed E-state index contributed by atoms with van der Waals surface area (Å²) in [5, 5.41) is 12.6. The van der Waals surface area contributed by atoms with E-state index in [4.69, 9.17) is 5.73 Å². The quantitative estimate of drug-likeness (QED) is 0.763. The summed E-state index contributed by atoms with van der Waals surface area (Å²) in [6.07, 6.45) is -0.532. The van der Waals surface area contributed by atoms with Crippen LogP contribution in [0.5, 0.6) is 0 Å². The summed E-state index contributed by atoms with van der Waals surface area (Å²) in [5.41, 5.74) is 5.40. The van der Waals surface area contributed by atoms with Crippen molar-refractivity contribution in [3.8, 4) is 0 Å². The molecule has 1 rings (SSSR count). The third kappa shape index (κ3) is 2.75. The molecule has 0 aromatic carbocycles. The van der Waals surface area contributed by atoms with Crippen molar-refractivity contribution in [2.75, 3.05) is 13.6 Å². The van der Waals surface area contributed by atoms with Crippen molar-refractivity contribution in [3.63, 3.8) is 0 Å². The van der Waals surface area contributed by atoms with Gasteiger partial charge in [0, 0.05) is 11.4 Å². The molecule has 0 spiro atoms. The molecule has 2 atom stereocenters. The highest BCUT2D eigenvalue weighted by molar-refractivity contribution is 9.11. The number of rotatable bonds is 4. The molecule has 0 bridgehead atoms. The van der Waals surface area contributed by atoms with Crippen LogP contribution in [0.15, 0.2) is 15.9 Å². The van der Waals surface area contributed by atoms with E-state index in [0.29, 0.717) is 0 Å². The summed E-state index contributed by atoms with van der Waals surface area (Å²) in [4.78, 5) is 1.09. The molecule has 13 heavy (non-hydrogen) atoms.